The van der Waals surface area contributed by atoms with Crippen molar-refractivity contribution in [3.05, 3.63) is 23.8 Å². The van der Waals surface area contributed by atoms with Gasteiger partial charge in [-0.1, -0.05) is 72.6 Å². The molecule has 0 saturated heterocycles. The molecule has 0 heterocycles. The number of allylic oxidation sites excluding steroid dienone is 4. The lowest BCUT2D eigenvalue weighted by atomic mass is 9.47. The molecule has 0 aromatic rings. The van der Waals surface area contributed by atoms with Gasteiger partial charge in [0.2, 0.25) is 0 Å². The highest BCUT2D eigenvalue weighted by Gasteiger charge is 2.58. The highest BCUT2D eigenvalue weighted by molar-refractivity contribution is 5.34. The van der Waals surface area contributed by atoms with Crippen molar-refractivity contribution < 1.29 is 0 Å². The predicted molar refractivity (Wildman–Crippen MR) is 122 cm³/mol. The normalized spacial score (nSPS) is 44.5. The van der Waals surface area contributed by atoms with Crippen LogP contribution in [0.5, 0.6) is 0 Å². The maximum Gasteiger partial charge on any atom is -0.00445 e. The van der Waals surface area contributed by atoms with Gasteiger partial charge in [-0.25, -0.2) is 0 Å². The van der Waals surface area contributed by atoms with E-state index in [1.165, 1.54) is 57.8 Å². The lowest BCUT2D eigenvalue weighted by molar-refractivity contribution is -0.0453. The standard InChI is InChI=1S/C28H46/c1-19(2)20(3)10-11-21(4)24-14-15-25-23-13-12-22-9-7-8-17-27(22,5)26(23)16-18-28(24,25)6/h7,9,12,19-21,23-26H,8,10-11,13-18H2,1-6H3/t20-,21+,23-,24+,25-,26-,27-,28+/m0/s1. The van der Waals surface area contributed by atoms with Gasteiger partial charge in [0.25, 0.3) is 0 Å². The third-order valence-corrected chi connectivity index (χ3v) is 10.6. The third-order valence-electron chi connectivity index (χ3n) is 10.6. The first-order valence-electron chi connectivity index (χ1n) is 12.6. The van der Waals surface area contributed by atoms with E-state index in [9.17, 15) is 0 Å². The minimum absolute atomic E-state index is 0.482. The van der Waals surface area contributed by atoms with E-state index in [0.717, 1.165) is 41.4 Å². The summed E-state index contributed by atoms with van der Waals surface area (Å²) in [7, 11) is 0. The first-order valence-corrected chi connectivity index (χ1v) is 12.6. The molecule has 158 valence electrons. The van der Waals surface area contributed by atoms with Crippen molar-refractivity contribution in [2.45, 2.75) is 99.3 Å². The van der Waals surface area contributed by atoms with Crippen LogP contribution in [0.3, 0.4) is 0 Å². The van der Waals surface area contributed by atoms with Crippen molar-refractivity contribution in [2.24, 2.45) is 52.3 Å². The topological polar surface area (TPSA) is 0 Å². The Hall–Kier alpha value is -0.520. The second-order valence-electron chi connectivity index (χ2n) is 12.1. The van der Waals surface area contributed by atoms with Crippen molar-refractivity contribution in [2.75, 3.05) is 0 Å². The third kappa shape index (κ3) is 3.26. The summed E-state index contributed by atoms with van der Waals surface area (Å²) in [5.74, 6) is 6.50. The second kappa shape index (κ2) is 7.63. The lowest BCUT2D eigenvalue weighted by Crippen LogP contribution is -2.49. The van der Waals surface area contributed by atoms with E-state index in [2.05, 4.69) is 59.8 Å². The van der Waals surface area contributed by atoms with Crippen molar-refractivity contribution in [3.8, 4) is 0 Å². The van der Waals surface area contributed by atoms with E-state index in [1.54, 1.807) is 5.57 Å². The van der Waals surface area contributed by atoms with E-state index in [-0.39, 0.29) is 0 Å². The fourth-order valence-corrected chi connectivity index (χ4v) is 8.33. The van der Waals surface area contributed by atoms with Crippen molar-refractivity contribution in [3.63, 3.8) is 0 Å². The van der Waals surface area contributed by atoms with Crippen LogP contribution < -0.4 is 0 Å². The molecule has 0 radical (unpaired) electrons. The molecule has 4 aliphatic carbocycles. The van der Waals surface area contributed by atoms with Crippen molar-refractivity contribution >= 4 is 0 Å². The largest absolute Gasteiger partial charge is 0.0842 e. The molecule has 0 spiro atoms. The summed E-state index contributed by atoms with van der Waals surface area (Å²) in [5, 5.41) is 0. The maximum atomic E-state index is 2.72. The van der Waals surface area contributed by atoms with E-state index in [1.807, 2.05) is 0 Å². The molecule has 0 bridgehead atoms. The molecule has 28 heavy (non-hydrogen) atoms. The van der Waals surface area contributed by atoms with Gasteiger partial charge < -0.3 is 0 Å². The molecule has 2 fully saturated rings. The summed E-state index contributed by atoms with van der Waals surface area (Å²) < 4.78 is 0. The zero-order valence-electron chi connectivity index (χ0n) is 19.6. The van der Waals surface area contributed by atoms with Gasteiger partial charge in [-0.2, -0.15) is 0 Å². The van der Waals surface area contributed by atoms with Crippen LogP contribution in [-0.2, 0) is 0 Å². The average Bonchev–Trinajstić information content (AvgIpc) is 3.02. The highest BCUT2D eigenvalue weighted by Crippen LogP contribution is 2.66. The van der Waals surface area contributed by atoms with Gasteiger partial charge in [0.15, 0.2) is 0 Å². The molecule has 0 unspecified atom stereocenters. The average molecular weight is 383 g/mol. The van der Waals surface area contributed by atoms with Gasteiger partial charge in [-0.05, 0) is 103 Å². The Morgan fingerprint density at radius 3 is 2.50 bits per heavy atom. The SMILES string of the molecule is CC(C)[C@@H](C)CC[C@@H](C)[C@H]1CC[C@H]2[C@@H]3CC=C4C=CCC[C@]4(C)[C@H]3CC[C@]12C. The van der Waals surface area contributed by atoms with Crippen LogP contribution in [0, 0.1) is 52.3 Å². The first kappa shape index (κ1) is 20.7. The minimum Gasteiger partial charge on any atom is -0.0842 e. The van der Waals surface area contributed by atoms with Crippen molar-refractivity contribution in [1.29, 1.82) is 0 Å². The van der Waals surface area contributed by atoms with Gasteiger partial charge >= 0.3 is 0 Å². The molecular weight excluding hydrogens is 336 g/mol. The molecule has 4 rings (SSSR count). The molecule has 2 saturated carbocycles. The fourth-order valence-electron chi connectivity index (χ4n) is 8.33. The molecular formula is C28H46. The van der Waals surface area contributed by atoms with Crippen LogP contribution in [0.2, 0.25) is 0 Å². The molecule has 0 amide bonds. The number of hydrogen-bond acceptors (Lipinski definition) is 0. The Morgan fingerprint density at radius 2 is 1.75 bits per heavy atom. The zero-order valence-corrected chi connectivity index (χ0v) is 19.6. The molecule has 0 N–H and O–H groups in total. The van der Waals surface area contributed by atoms with E-state index in [4.69, 9.17) is 0 Å². The van der Waals surface area contributed by atoms with Crippen LogP contribution in [0.4, 0.5) is 0 Å². The molecule has 4 aliphatic rings. The molecule has 0 aliphatic heterocycles. The van der Waals surface area contributed by atoms with E-state index in [0.29, 0.717) is 10.8 Å². The quantitative estimate of drug-likeness (QED) is 0.447. The number of rotatable bonds is 5. The summed E-state index contributed by atoms with van der Waals surface area (Å²) in [6.07, 6.45) is 20.5. The Kier molecular flexibility index (Phi) is 5.65. The first-order chi connectivity index (χ1) is 13.3. The molecule has 0 heteroatoms. The van der Waals surface area contributed by atoms with Crippen LogP contribution in [0.25, 0.3) is 0 Å². The minimum atomic E-state index is 0.482. The summed E-state index contributed by atoms with van der Waals surface area (Å²) in [6, 6.07) is 0. The molecule has 0 aromatic heterocycles. The smallest absolute Gasteiger partial charge is 0.00445 e. The molecule has 0 nitrogen and oxygen atoms in total. The Bertz CT molecular complexity index is 624. The van der Waals surface area contributed by atoms with E-state index < -0.39 is 0 Å². The highest BCUT2D eigenvalue weighted by atomic mass is 14.6. The zero-order chi connectivity index (χ0) is 20.1. The number of fused-ring (bicyclic) bond motifs is 5. The molecule has 8 atom stereocenters. The van der Waals surface area contributed by atoms with Crippen molar-refractivity contribution in [1.82, 2.24) is 0 Å². The fraction of sp³-hybridized carbons (Fsp3) is 0.857. The van der Waals surface area contributed by atoms with Gasteiger partial charge in [0, 0.05) is 0 Å². The van der Waals surface area contributed by atoms with Crippen LogP contribution in [0.1, 0.15) is 99.3 Å². The summed E-state index contributed by atoms with van der Waals surface area (Å²) in [4.78, 5) is 0. The van der Waals surface area contributed by atoms with Crippen LogP contribution in [0.15, 0.2) is 23.8 Å². The number of hydrogen-bond donors (Lipinski definition) is 0. The Morgan fingerprint density at radius 1 is 0.964 bits per heavy atom. The second-order valence-corrected chi connectivity index (χ2v) is 12.1. The van der Waals surface area contributed by atoms with Gasteiger partial charge in [0.05, 0.1) is 0 Å². The predicted octanol–water partition coefficient (Wildman–Crippen LogP) is 8.44. The van der Waals surface area contributed by atoms with Crippen LogP contribution in [-0.4, -0.2) is 0 Å². The monoisotopic (exact) mass is 382 g/mol. The van der Waals surface area contributed by atoms with Gasteiger partial charge in [0.1, 0.15) is 0 Å². The van der Waals surface area contributed by atoms with E-state index >= 15 is 0 Å². The lowest BCUT2D eigenvalue weighted by Gasteiger charge is -2.57. The van der Waals surface area contributed by atoms with Gasteiger partial charge in [-0.15, -0.1) is 0 Å². The summed E-state index contributed by atoms with van der Waals surface area (Å²) >= 11 is 0. The van der Waals surface area contributed by atoms with Gasteiger partial charge in [-0.3, -0.25) is 0 Å². The Labute approximate surface area is 175 Å². The van der Waals surface area contributed by atoms with Crippen LogP contribution >= 0.6 is 0 Å². The maximum absolute atomic E-state index is 2.72. The summed E-state index contributed by atoms with van der Waals surface area (Å²) in [5.41, 5.74) is 2.79. The Balaban J connectivity index is 1.49. The summed E-state index contributed by atoms with van der Waals surface area (Å²) in [6.45, 7) is 15.2. The molecule has 0 aromatic carbocycles.